The lowest BCUT2D eigenvalue weighted by Gasteiger charge is -2.04. The monoisotopic (exact) mass is 192 g/mol. The van der Waals surface area contributed by atoms with Crippen molar-refractivity contribution in [2.45, 2.75) is 33.1 Å². The number of ether oxygens (including phenoxy) is 1. The predicted molar refractivity (Wildman–Crippen MR) is 56.2 cm³/mol. The highest BCUT2D eigenvalue weighted by Crippen LogP contribution is 2.06. The summed E-state index contributed by atoms with van der Waals surface area (Å²) in [5.41, 5.74) is 0. The van der Waals surface area contributed by atoms with E-state index in [2.05, 4.69) is 38.7 Å². The van der Waals surface area contributed by atoms with Gasteiger partial charge in [0.1, 0.15) is 0 Å². The third kappa shape index (κ3) is 10.2. The molecule has 0 radical (unpaired) electrons. The van der Waals surface area contributed by atoms with Crippen molar-refractivity contribution < 1.29 is 4.74 Å². The zero-order chi connectivity index (χ0) is 8.69. The third-order valence-electron chi connectivity index (χ3n) is 1.40. The Hall–Kier alpha value is 0.240. The molecule has 0 aromatic carbocycles. The summed E-state index contributed by atoms with van der Waals surface area (Å²) in [6.45, 7) is 5.17. The van der Waals surface area contributed by atoms with E-state index in [0.29, 0.717) is 4.38 Å². The molecule has 66 valence electrons. The summed E-state index contributed by atoms with van der Waals surface area (Å²) in [6.07, 6.45) is 3.57. The maximum atomic E-state index is 5.02. The fourth-order valence-corrected chi connectivity index (χ4v) is 0.989. The molecule has 0 spiro atoms. The molecule has 0 fully saturated rings. The minimum atomic E-state index is 0.356. The lowest BCUT2D eigenvalue weighted by Crippen LogP contribution is -1.97. The Kier molecular flexibility index (Phi) is 7.07. The average Bonchev–Trinajstić information content (AvgIpc) is 1.85. The first kappa shape index (κ1) is 11.2. The Morgan fingerprint density at radius 3 is 2.55 bits per heavy atom. The molecule has 0 saturated carbocycles. The maximum absolute atomic E-state index is 5.02. The summed E-state index contributed by atoms with van der Waals surface area (Å²) in [5, 5.41) is 0. The molecule has 0 atom stereocenters. The van der Waals surface area contributed by atoms with Crippen LogP contribution in [-0.4, -0.2) is 11.0 Å². The van der Waals surface area contributed by atoms with Crippen molar-refractivity contribution in [1.29, 1.82) is 0 Å². The van der Waals surface area contributed by atoms with Gasteiger partial charge in [-0.3, -0.25) is 0 Å². The van der Waals surface area contributed by atoms with E-state index in [1.807, 2.05) is 0 Å². The molecule has 1 nitrogen and oxygen atoms in total. The fourth-order valence-electron chi connectivity index (χ4n) is 0.814. The molecule has 0 aliphatic carbocycles. The van der Waals surface area contributed by atoms with Crippen LogP contribution < -0.4 is 0 Å². The van der Waals surface area contributed by atoms with Gasteiger partial charge < -0.3 is 4.74 Å². The van der Waals surface area contributed by atoms with Gasteiger partial charge in [-0.2, -0.15) is 0 Å². The van der Waals surface area contributed by atoms with Crippen molar-refractivity contribution in [2.24, 2.45) is 5.92 Å². The smallest absolute Gasteiger partial charge is 0.216 e. The second-order valence-corrected chi connectivity index (χ2v) is 4.08. The van der Waals surface area contributed by atoms with Crippen LogP contribution in [0.25, 0.3) is 0 Å². The molecule has 0 aromatic rings. The molecule has 0 amide bonds. The number of thiol groups is 1. The van der Waals surface area contributed by atoms with E-state index >= 15 is 0 Å². The molecule has 0 bridgehead atoms. The molecular weight excluding hydrogens is 176 g/mol. The van der Waals surface area contributed by atoms with Crippen LogP contribution >= 0.6 is 24.8 Å². The van der Waals surface area contributed by atoms with E-state index in [4.69, 9.17) is 4.74 Å². The van der Waals surface area contributed by atoms with Gasteiger partial charge in [0.05, 0.1) is 6.61 Å². The van der Waals surface area contributed by atoms with Crippen molar-refractivity contribution in [3.8, 4) is 0 Å². The van der Waals surface area contributed by atoms with Gasteiger partial charge in [-0.1, -0.05) is 32.9 Å². The van der Waals surface area contributed by atoms with Gasteiger partial charge in [-0.25, -0.2) is 0 Å². The van der Waals surface area contributed by atoms with Crippen molar-refractivity contribution in [3.63, 3.8) is 0 Å². The molecule has 0 heterocycles. The molecule has 0 N–H and O–H groups in total. The second-order valence-electron chi connectivity index (χ2n) is 3.00. The van der Waals surface area contributed by atoms with Gasteiger partial charge in [-0.05, 0) is 31.0 Å². The number of hydrogen-bond acceptors (Lipinski definition) is 2. The minimum Gasteiger partial charge on any atom is -0.479 e. The molecule has 0 unspecified atom stereocenters. The van der Waals surface area contributed by atoms with Crippen LogP contribution in [0.1, 0.15) is 33.1 Å². The number of unbranched alkanes of at least 4 members (excludes halogenated alkanes) is 1. The quantitative estimate of drug-likeness (QED) is 0.407. The number of hydrogen-bond donors (Lipinski definition) is 1. The highest BCUT2D eigenvalue weighted by atomic mass is 32.1. The molecule has 0 saturated heterocycles. The van der Waals surface area contributed by atoms with E-state index in [1.165, 1.54) is 12.8 Å². The van der Waals surface area contributed by atoms with Gasteiger partial charge in [0.2, 0.25) is 4.38 Å². The third-order valence-corrected chi connectivity index (χ3v) is 1.65. The first-order chi connectivity index (χ1) is 5.13. The highest BCUT2D eigenvalue weighted by molar-refractivity contribution is 8.10. The predicted octanol–water partition coefficient (Wildman–Crippen LogP) is 3.04. The highest BCUT2D eigenvalue weighted by Gasteiger charge is 1.94. The molecule has 0 rings (SSSR count). The second kappa shape index (κ2) is 6.92. The fraction of sp³-hybridized carbons (Fsp3) is 0.875. The molecule has 0 aliphatic rings. The molecule has 0 aliphatic heterocycles. The van der Waals surface area contributed by atoms with Crippen LogP contribution in [-0.2, 0) is 4.74 Å². The normalized spacial score (nSPS) is 10.2. The zero-order valence-electron chi connectivity index (χ0n) is 7.17. The molecule has 11 heavy (non-hydrogen) atoms. The van der Waals surface area contributed by atoms with Gasteiger partial charge in [0.25, 0.3) is 0 Å². The van der Waals surface area contributed by atoms with Gasteiger partial charge in [0, 0.05) is 0 Å². The van der Waals surface area contributed by atoms with E-state index in [0.717, 1.165) is 18.9 Å². The summed E-state index contributed by atoms with van der Waals surface area (Å²) in [6, 6.07) is 0. The van der Waals surface area contributed by atoms with E-state index in [9.17, 15) is 0 Å². The SMILES string of the molecule is CC(C)CCCCOC(=S)S. The maximum Gasteiger partial charge on any atom is 0.216 e. The van der Waals surface area contributed by atoms with Gasteiger partial charge in [0.15, 0.2) is 0 Å². The number of rotatable bonds is 5. The molecule has 0 aromatic heterocycles. The summed E-state index contributed by atoms with van der Waals surface area (Å²) in [7, 11) is 0. The summed E-state index contributed by atoms with van der Waals surface area (Å²) in [5.74, 6) is 0.790. The van der Waals surface area contributed by atoms with Crippen LogP contribution in [0.3, 0.4) is 0 Å². The molecular formula is C8H16OS2. The van der Waals surface area contributed by atoms with Crippen LogP contribution in [0.4, 0.5) is 0 Å². The lowest BCUT2D eigenvalue weighted by molar-refractivity contribution is 0.305. The van der Waals surface area contributed by atoms with Crippen LogP contribution in [0.5, 0.6) is 0 Å². The standard InChI is InChI=1S/C8H16OS2/c1-7(2)5-3-4-6-9-8(10)11/h7H,3-6H2,1-2H3,(H,10,11). The largest absolute Gasteiger partial charge is 0.479 e. The Bertz CT molecular complexity index is 113. The van der Waals surface area contributed by atoms with Crippen molar-refractivity contribution in [3.05, 3.63) is 0 Å². The zero-order valence-corrected chi connectivity index (χ0v) is 8.88. The Balaban J connectivity index is 2.97. The van der Waals surface area contributed by atoms with E-state index in [1.54, 1.807) is 0 Å². The summed E-state index contributed by atoms with van der Waals surface area (Å²) < 4.78 is 5.38. The van der Waals surface area contributed by atoms with Crippen LogP contribution in [0.2, 0.25) is 0 Å². The van der Waals surface area contributed by atoms with Gasteiger partial charge in [-0.15, -0.1) is 0 Å². The Labute approximate surface area is 79.9 Å². The molecule has 3 heteroatoms. The van der Waals surface area contributed by atoms with E-state index in [-0.39, 0.29) is 0 Å². The Morgan fingerprint density at radius 1 is 1.45 bits per heavy atom. The van der Waals surface area contributed by atoms with E-state index < -0.39 is 0 Å². The lowest BCUT2D eigenvalue weighted by atomic mass is 10.1. The Morgan fingerprint density at radius 2 is 2.09 bits per heavy atom. The van der Waals surface area contributed by atoms with Crippen LogP contribution in [0, 0.1) is 5.92 Å². The first-order valence-corrected chi connectivity index (χ1v) is 4.84. The van der Waals surface area contributed by atoms with Gasteiger partial charge >= 0.3 is 0 Å². The van der Waals surface area contributed by atoms with Crippen molar-refractivity contribution in [1.82, 2.24) is 0 Å². The first-order valence-electron chi connectivity index (χ1n) is 3.98. The topological polar surface area (TPSA) is 9.23 Å². The summed E-state index contributed by atoms with van der Waals surface area (Å²) >= 11 is 8.49. The number of thiocarbonyl (C=S) groups is 1. The summed E-state index contributed by atoms with van der Waals surface area (Å²) in [4.78, 5) is 0. The average molecular weight is 192 g/mol. The van der Waals surface area contributed by atoms with Crippen molar-refractivity contribution in [2.75, 3.05) is 6.61 Å². The van der Waals surface area contributed by atoms with Crippen molar-refractivity contribution >= 4 is 29.2 Å². The minimum absolute atomic E-state index is 0.356. The van der Waals surface area contributed by atoms with Crippen LogP contribution in [0.15, 0.2) is 0 Å².